The monoisotopic (exact) mass is 141 g/mol. The van der Waals surface area contributed by atoms with Gasteiger partial charge in [0.2, 0.25) is 0 Å². The molecule has 1 saturated carbocycles. The summed E-state index contributed by atoms with van der Waals surface area (Å²) in [5.41, 5.74) is 0.806. The molecule has 1 heterocycles. The standard InChI is InChI=1S/C7H13N.C2H6/c1-2-7(3-1)4-5-8-6-7;1-2/h8H,1-6H2;1-2H3. The van der Waals surface area contributed by atoms with Crippen molar-refractivity contribution in [2.24, 2.45) is 5.41 Å². The summed E-state index contributed by atoms with van der Waals surface area (Å²) in [4.78, 5) is 0. The summed E-state index contributed by atoms with van der Waals surface area (Å²) >= 11 is 0. The van der Waals surface area contributed by atoms with Crippen molar-refractivity contribution in [3.05, 3.63) is 0 Å². The van der Waals surface area contributed by atoms with Crippen LogP contribution in [0, 0.1) is 5.41 Å². The SMILES string of the molecule is C1CC2(C1)CCNC2.CC. The zero-order valence-corrected chi connectivity index (χ0v) is 7.24. The summed E-state index contributed by atoms with van der Waals surface area (Å²) < 4.78 is 0. The number of nitrogens with one attached hydrogen (secondary N) is 1. The molecule has 0 radical (unpaired) electrons. The number of hydrogen-bond donors (Lipinski definition) is 1. The molecule has 0 amide bonds. The molecule has 2 aliphatic rings. The highest BCUT2D eigenvalue weighted by atomic mass is 14.9. The summed E-state index contributed by atoms with van der Waals surface area (Å²) in [7, 11) is 0. The Labute approximate surface area is 64.2 Å². The Kier molecular flexibility index (Phi) is 2.72. The predicted molar refractivity (Wildman–Crippen MR) is 45.1 cm³/mol. The molecule has 2 rings (SSSR count). The molecule has 1 aliphatic carbocycles. The van der Waals surface area contributed by atoms with Crippen LogP contribution < -0.4 is 5.32 Å². The maximum Gasteiger partial charge on any atom is 0.000829 e. The van der Waals surface area contributed by atoms with Crippen molar-refractivity contribution in [2.75, 3.05) is 13.1 Å². The van der Waals surface area contributed by atoms with Crippen LogP contribution >= 0.6 is 0 Å². The minimum absolute atomic E-state index is 0.806. The van der Waals surface area contributed by atoms with Gasteiger partial charge in [0.05, 0.1) is 0 Å². The first-order chi connectivity index (χ1) is 4.91. The molecule has 1 aliphatic heterocycles. The Morgan fingerprint density at radius 3 is 2.00 bits per heavy atom. The van der Waals surface area contributed by atoms with Crippen molar-refractivity contribution in [3.63, 3.8) is 0 Å². The van der Waals surface area contributed by atoms with Crippen LogP contribution in [0.15, 0.2) is 0 Å². The van der Waals surface area contributed by atoms with Crippen LogP contribution in [0.1, 0.15) is 39.5 Å². The second-order valence-corrected chi connectivity index (χ2v) is 3.28. The predicted octanol–water partition coefficient (Wildman–Crippen LogP) is 2.18. The normalized spacial score (nSPS) is 27.0. The molecule has 0 atom stereocenters. The fraction of sp³-hybridized carbons (Fsp3) is 1.00. The van der Waals surface area contributed by atoms with Crippen LogP contribution in [0.25, 0.3) is 0 Å². The van der Waals surface area contributed by atoms with Crippen molar-refractivity contribution in [1.29, 1.82) is 0 Å². The van der Waals surface area contributed by atoms with Gasteiger partial charge in [-0.1, -0.05) is 20.3 Å². The average Bonchev–Trinajstić information content (AvgIpc) is 2.38. The highest BCUT2D eigenvalue weighted by molar-refractivity contribution is 4.93. The molecule has 10 heavy (non-hydrogen) atoms. The first-order valence-electron chi connectivity index (χ1n) is 4.62. The Morgan fingerprint density at radius 2 is 1.80 bits per heavy atom. The zero-order chi connectivity index (χ0) is 7.45. The second kappa shape index (κ2) is 3.38. The van der Waals surface area contributed by atoms with Gasteiger partial charge in [-0.25, -0.2) is 0 Å². The van der Waals surface area contributed by atoms with E-state index in [-0.39, 0.29) is 0 Å². The van der Waals surface area contributed by atoms with Gasteiger partial charge in [-0.15, -0.1) is 0 Å². The molecular weight excluding hydrogens is 122 g/mol. The molecule has 60 valence electrons. The van der Waals surface area contributed by atoms with E-state index in [0.717, 1.165) is 5.41 Å². The molecule has 0 aromatic carbocycles. The largest absolute Gasteiger partial charge is 0.316 e. The van der Waals surface area contributed by atoms with E-state index in [1.165, 1.54) is 38.8 Å². The summed E-state index contributed by atoms with van der Waals surface area (Å²) in [6.07, 6.45) is 5.94. The van der Waals surface area contributed by atoms with Crippen molar-refractivity contribution in [1.82, 2.24) is 5.32 Å². The molecule has 1 N–H and O–H groups in total. The van der Waals surface area contributed by atoms with Gasteiger partial charge in [-0.2, -0.15) is 0 Å². The molecule has 1 spiro atoms. The van der Waals surface area contributed by atoms with E-state index in [4.69, 9.17) is 0 Å². The van der Waals surface area contributed by atoms with Crippen LogP contribution in [-0.4, -0.2) is 13.1 Å². The smallest absolute Gasteiger partial charge is 0.000829 e. The molecule has 1 nitrogen and oxygen atoms in total. The highest BCUT2D eigenvalue weighted by Gasteiger charge is 2.38. The van der Waals surface area contributed by atoms with E-state index < -0.39 is 0 Å². The number of rotatable bonds is 0. The Morgan fingerprint density at radius 1 is 1.10 bits per heavy atom. The van der Waals surface area contributed by atoms with Crippen molar-refractivity contribution in [3.8, 4) is 0 Å². The van der Waals surface area contributed by atoms with E-state index in [9.17, 15) is 0 Å². The molecule has 0 aromatic heterocycles. The second-order valence-electron chi connectivity index (χ2n) is 3.28. The Balaban J connectivity index is 0.000000231. The highest BCUT2D eigenvalue weighted by Crippen LogP contribution is 2.45. The third kappa shape index (κ3) is 1.34. The van der Waals surface area contributed by atoms with Crippen molar-refractivity contribution < 1.29 is 0 Å². The van der Waals surface area contributed by atoms with Gasteiger partial charge >= 0.3 is 0 Å². The molecule has 1 saturated heterocycles. The van der Waals surface area contributed by atoms with E-state index >= 15 is 0 Å². The first kappa shape index (κ1) is 8.06. The van der Waals surface area contributed by atoms with Gasteiger partial charge in [0.1, 0.15) is 0 Å². The maximum atomic E-state index is 3.42. The molecule has 0 aromatic rings. The summed E-state index contributed by atoms with van der Waals surface area (Å²) in [6, 6.07) is 0. The lowest BCUT2D eigenvalue weighted by molar-refractivity contribution is 0.163. The fourth-order valence-corrected chi connectivity index (χ4v) is 1.90. The molecule has 1 heteroatoms. The van der Waals surface area contributed by atoms with E-state index in [1.807, 2.05) is 13.8 Å². The van der Waals surface area contributed by atoms with Crippen LogP contribution in [-0.2, 0) is 0 Å². The molecule has 0 bridgehead atoms. The summed E-state index contributed by atoms with van der Waals surface area (Å²) in [5, 5.41) is 3.42. The van der Waals surface area contributed by atoms with Crippen molar-refractivity contribution in [2.45, 2.75) is 39.5 Å². The third-order valence-corrected chi connectivity index (χ3v) is 2.75. The summed E-state index contributed by atoms with van der Waals surface area (Å²) in [6.45, 7) is 6.59. The topological polar surface area (TPSA) is 12.0 Å². The van der Waals surface area contributed by atoms with E-state index in [1.54, 1.807) is 0 Å². The fourth-order valence-electron chi connectivity index (χ4n) is 1.90. The van der Waals surface area contributed by atoms with Crippen molar-refractivity contribution >= 4 is 0 Å². The Hall–Kier alpha value is -0.0400. The lowest BCUT2D eigenvalue weighted by Gasteiger charge is -2.37. The lowest BCUT2D eigenvalue weighted by atomic mass is 9.68. The average molecular weight is 141 g/mol. The summed E-state index contributed by atoms with van der Waals surface area (Å²) in [5.74, 6) is 0. The minimum Gasteiger partial charge on any atom is -0.316 e. The van der Waals surface area contributed by atoms with Crippen LogP contribution in [0.4, 0.5) is 0 Å². The van der Waals surface area contributed by atoms with Gasteiger partial charge in [-0.3, -0.25) is 0 Å². The van der Waals surface area contributed by atoms with Gasteiger partial charge in [-0.05, 0) is 31.2 Å². The van der Waals surface area contributed by atoms with Crippen LogP contribution in [0.3, 0.4) is 0 Å². The first-order valence-corrected chi connectivity index (χ1v) is 4.62. The molecule has 0 unspecified atom stereocenters. The zero-order valence-electron chi connectivity index (χ0n) is 7.24. The Bertz CT molecular complexity index is 86.9. The van der Waals surface area contributed by atoms with E-state index in [2.05, 4.69) is 5.32 Å². The number of hydrogen-bond acceptors (Lipinski definition) is 1. The van der Waals surface area contributed by atoms with Crippen LogP contribution in [0.2, 0.25) is 0 Å². The van der Waals surface area contributed by atoms with Gasteiger partial charge in [0, 0.05) is 6.54 Å². The van der Waals surface area contributed by atoms with E-state index in [0.29, 0.717) is 0 Å². The maximum absolute atomic E-state index is 3.42. The lowest BCUT2D eigenvalue weighted by Crippen LogP contribution is -2.31. The quantitative estimate of drug-likeness (QED) is 0.545. The van der Waals surface area contributed by atoms with Gasteiger partial charge in [0.25, 0.3) is 0 Å². The van der Waals surface area contributed by atoms with Gasteiger partial charge < -0.3 is 5.32 Å². The third-order valence-electron chi connectivity index (χ3n) is 2.75. The van der Waals surface area contributed by atoms with Gasteiger partial charge in [0.15, 0.2) is 0 Å². The molecular formula is C9H19N. The molecule has 2 fully saturated rings. The van der Waals surface area contributed by atoms with Crippen LogP contribution in [0.5, 0.6) is 0 Å². The minimum atomic E-state index is 0.806.